The van der Waals surface area contributed by atoms with Gasteiger partial charge in [0.25, 0.3) is 0 Å². The lowest BCUT2D eigenvalue weighted by atomic mass is 9.80. The van der Waals surface area contributed by atoms with Crippen molar-refractivity contribution in [3.05, 3.63) is 53.6 Å². The average Bonchev–Trinajstić information content (AvgIpc) is 3.27. The van der Waals surface area contributed by atoms with Crippen LogP contribution in [0, 0.1) is 5.41 Å². The molecule has 2 aromatic rings. The molecule has 21 heavy (non-hydrogen) atoms. The van der Waals surface area contributed by atoms with Crippen LogP contribution in [0.5, 0.6) is 5.75 Å². The molecule has 0 aromatic heterocycles. The first kappa shape index (κ1) is 12.9. The standard InChI is InChI=1S/C20H22O/c1-2-21-19-7-5-15(6-8-19)16-3-4-18-14-20(11-12-20)10-9-17(18)13-16/h3-8,13H,2,9-12,14H2,1H3. The Morgan fingerprint density at radius 3 is 2.38 bits per heavy atom. The van der Waals surface area contributed by atoms with Gasteiger partial charge in [-0.15, -0.1) is 0 Å². The van der Waals surface area contributed by atoms with Gasteiger partial charge in [-0.05, 0) is 78.8 Å². The van der Waals surface area contributed by atoms with Gasteiger partial charge in [-0.25, -0.2) is 0 Å². The summed E-state index contributed by atoms with van der Waals surface area (Å²) in [5.74, 6) is 0.954. The van der Waals surface area contributed by atoms with Crippen LogP contribution in [0.2, 0.25) is 0 Å². The van der Waals surface area contributed by atoms with Gasteiger partial charge in [-0.3, -0.25) is 0 Å². The predicted molar refractivity (Wildman–Crippen MR) is 86.7 cm³/mol. The molecule has 0 N–H and O–H groups in total. The fourth-order valence-electron chi connectivity index (χ4n) is 3.62. The molecular formula is C20H22O. The van der Waals surface area contributed by atoms with Crippen molar-refractivity contribution in [2.75, 3.05) is 6.61 Å². The van der Waals surface area contributed by atoms with E-state index in [1.54, 1.807) is 11.1 Å². The molecule has 0 aliphatic heterocycles. The highest BCUT2D eigenvalue weighted by molar-refractivity contribution is 5.66. The Morgan fingerprint density at radius 2 is 1.67 bits per heavy atom. The largest absolute Gasteiger partial charge is 0.494 e. The number of hydrogen-bond donors (Lipinski definition) is 0. The molecule has 0 saturated heterocycles. The minimum absolute atomic E-state index is 0.702. The molecule has 1 nitrogen and oxygen atoms in total. The van der Waals surface area contributed by atoms with Gasteiger partial charge < -0.3 is 4.74 Å². The van der Waals surface area contributed by atoms with E-state index in [4.69, 9.17) is 4.74 Å². The van der Waals surface area contributed by atoms with Crippen molar-refractivity contribution in [1.82, 2.24) is 0 Å². The van der Waals surface area contributed by atoms with E-state index in [1.807, 2.05) is 6.92 Å². The first-order valence-corrected chi connectivity index (χ1v) is 8.13. The molecule has 1 heteroatoms. The summed E-state index contributed by atoms with van der Waals surface area (Å²) < 4.78 is 5.52. The van der Waals surface area contributed by atoms with E-state index < -0.39 is 0 Å². The fraction of sp³-hybridized carbons (Fsp3) is 0.400. The summed E-state index contributed by atoms with van der Waals surface area (Å²) in [6.07, 6.45) is 6.87. The number of ether oxygens (including phenoxy) is 1. The Balaban J connectivity index is 1.61. The molecular weight excluding hydrogens is 256 g/mol. The highest BCUT2D eigenvalue weighted by Crippen LogP contribution is 2.54. The van der Waals surface area contributed by atoms with Crippen molar-refractivity contribution >= 4 is 0 Å². The molecule has 0 heterocycles. The Labute approximate surface area is 127 Å². The monoisotopic (exact) mass is 278 g/mol. The smallest absolute Gasteiger partial charge is 0.119 e. The van der Waals surface area contributed by atoms with E-state index in [2.05, 4.69) is 42.5 Å². The van der Waals surface area contributed by atoms with Crippen LogP contribution < -0.4 is 4.74 Å². The van der Waals surface area contributed by atoms with Gasteiger partial charge in [0.05, 0.1) is 6.61 Å². The highest BCUT2D eigenvalue weighted by atomic mass is 16.5. The van der Waals surface area contributed by atoms with Crippen molar-refractivity contribution in [1.29, 1.82) is 0 Å². The van der Waals surface area contributed by atoms with Gasteiger partial charge >= 0.3 is 0 Å². The zero-order chi connectivity index (χ0) is 14.3. The summed E-state index contributed by atoms with van der Waals surface area (Å²) in [5, 5.41) is 0. The molecule has 1 saturated carbocycles. The van der Waals surface area contributed by atoms with E-state index in [0.717, 1.165) is 12.4 Å². The number of fused-ring (bicyclic) bond motifs is 1. The van der Waals surface area contributed by atoms with E-state index in [9.17, 15) is 0 Å². The SMILES string of the molecule is CCOc1ccc(-c2ccc3c(c2)CCC2(CC2)C3)cc1. The first-order chi connectivity index (χ1) is 10.3. The summed E-state index contributed by atoms with van der Waals surface area (Å²) in [5.41, 5.74) is 6.48. The quantitative estimate of drug-likeness (QED) is 0.766. The lowest BCUT2D eigenvalue weighted by molar-refractivity contribution is 0.340. The molecule has 1 spiro atoms. The minimum atomic E-state index is 0.702. The Kier molecular flexibility index (Phi) is 3.02. The summed E-state index contributed by atoms with van der Waals surface area (Å²) >= 11 is 0. The first-order valence-electron chi connectivity index (χ1n) is 8.13. The number of benzene rings is 2. The maximum Gasteiger partial charge on any atom is 0.119 e. The number of aryl methyl sites for hydroxylation is 1. The maximum absolute atomic E-state index is 5.52. The van der Waals surface area contributed by atoms with Gasteiger partial charge in [0, 0.05) is 0 Å². The van der Waals surface area contributed by atoms with E-state index in [0.29, 0.717) is 5.41 Å². The predicted octanol–water partition coefficient (Wildman–Crippen LogP) is 5.02. The second kappa shape index (κ2) is 4.91. The summed E-state index contributed by atoms with van der Waals surface area (Å²) in [7, 11) is 0. The van der Waals surface area contributed by atoms with Gasteiger partial charge in [-0.2, -0.15) is 0 Å². The zero-order valence-corrected chi connectivity index (χ0v) is 12.7. The topological polar surface area (TPSA) is 9.23 Å². The Bertz CT molecular complexity index is 650. The molecule has 0 atom stereocenters. The van der Waals surface area contributed by atoms with E-state index in [1.165, 1.54) is 43.2 Å². The van der Waals surface area contributed by atoms with Gasteiger partial charge in [0.2, 0.25) is 0 Å². The van der Waals surface area contributed by atoms with Crippen LogP contribution in [-0.4, -0.2) is 6.61 Å². The summed E-state index contributed by atoms with van der Waals surface area (Å²) in [4.78, 5) is 0. The van der Waals surface area contributed by atoms with Gasteiger partial charge in [-0.1, -0.05) is 30.3 Å². The molecule has 2 aliphatic carbocycles. The van der Waals surface area contributed by atoms with Crippen LogP contribution in [-0.2, 0) is 12.8 Å². The van der Waals surface area contributed by atoms with Crippen LogP contribution in [0.4, 0.5) is 0 Å². The highest BCUT2D eigenvalue weighted by Gasteiger charge is 2.44. The van der Waals surface area contributed by atoms with E-state index >= 15 is 0 Å². The lowest BCUT2D eigenvalue weighted by Gasteiger charge is -2.24. The molecule has 0 amide bonds. The zero-order valence-electron chi connectivity index (χ0n) is 12.7. The molecule has 0 bridgehead atoms. The van der Waals surface area contributed by atoms with Crippen molar-refractivity contribution < 1.29 is 4.74 Å². The molecule has 0 radical (unpaired) electrons. The van der Waals surface area contributed by atoms with Crippen LogP contribution in [0.1, 0.15) is 37.3 Å². The lowest BCUT2D eigenvalue weighted by Crippen LogP contribution is -2.14. The van der Waals surface area contributed by atoms with Crippen molar-refractivity contribution in [3.63, 3.8) is 0 Å². The summed E-state index contributed by atoms with van der Waals surface area (Å²) in [6, 6.07) is 15.5. The van der Waals surface area contributed by atoms with Crippen LogP contribution in [0.15, 0.2) is 42.5 Å². The second-order valence-electron chi connectivity index (χ2n) is 6.62. The molecule has 108 valence electrons. The van der Waals surface area contributed by atoms with Crippen LogP contribution >= 0.6 is 0 Å². The van der Waals surface area contributed by atoms with Crippen LogP contribution in [0.3, 0.4) is 0 Å². The molecule has 1 fully saturated rings. The molecule has 4 rings (SSSR count). The number of rotatable bonds is 3. The number of hydrogen-bond acceptors (Lipinski definition) is 1. The molecule has 2 aromatic carbocycles. The third kappa shape index (κ3) is 2.46. The third-order valence-electron chi connectivity index (χ3n) is 5.15. The Hall–Kier alpha value is -1.76. The van der Waals surface area contributed by atoms with Crippen molar-refractivity contribution in [2.45, 2.75) is 39.0 Å². The summed E-state index contributed by atoms with van der Waals surface area (Å²) in [6.45, 7) is 2.74. The fourth-order valence-corrected chi connectivity index (χ4v) is 3.62. The van der Waals surface area contributed by atoms with Gasteiger partial charge in [0.15, 0.2) is 0 Å². The average molecular weight is 278 g/mol. The maximum atomic E-state index is 5.52. The normalized spacial score (nSPS) is 18.3. The van der Waals surface area contributed by atoms with Crippen molar-refractivity contribution in [2.24, 2.45) is 5.41 Å². The third-order valence-corrected chi connectivity index (χ3v) is 5.15. The molecule has 2 aliphatic rings. The molecule has 0 unspecified atom stereocenters. The minimum Gasteiger partial charge on any atom is -0.494 e. The van der Waals surface area contributed by atoms with E-state index in [-0.39, 0.29) is 0 Å². The van der Waals surface area contributed by atoms with Gasteiger partial charge in [0.1, 0.15) is 5.75 Å². The second-order valence-corrected chi connectivity index (χ2v) is 6.62. The Morgan fingerprint density at radius 1 is 0.905 bits per heavy atom. The van der Waals surface area contributed by atoms with Crippen LogP contribution in [0.25, 0.3) is 11.1 Å². The van der Waals surface area contributed by atoms with Crippen molar-refractivity contribution in [3.8, 4) is 16.9 Å².